The number of aromatic nitrogens is 1. The number of nitrogens with one attached hydrogen (secondary N) is 1. The number of anilines is 1. The highest BCUT2D eigenvalue weighted by molar-refractivity contribution is 7.89. The summed E-state index contributed by atoms with van der Waals surface area (Å²) in [5.41, 5.74) is 1.54. The molecule has 2 heterocycles. The molecule has 0 unspecified atom stereocenters. The number of thiazole rings is 1. The van der Waals surface area contributed by atoms with E-state index in [1.165, 1.54) is 15.6 Å². The van der Waals surface area contributed by atoms with Crippen molar-refractivity contribution in [1.82, 2.24) is 9.29 Å². The summed E-state index contributed by atoms with van der Waals surface area (Å²) in [7, 11) is -3.50. The molecule has 1 N–H and O–H groups in total. The summed E-state index contributed by atoms with van der Waals surface area (Å²) < 4.78 is 32.1. The summed E-state index contributed by atoms with van der Waals surface area (Å²) in [6.07, 6.45) is 4.12. The van der Waals surface area contributed by atoms with Gasteiger partial charge in [0.05, 0.1) is 23.8 Å². The molecule has 2 aliphatic rings. The summed E-state index contributed by atoms with van der Waals surface area (Å²) in [6, 6.07) is 6.72. The van der Waals surface area contributed by atoms with Crippen LogP contribution < -0.4 is 5.32 Å². The number of hydrogen-bond acceptors (Lipinski definition) is 6. The summed E-state index contributed by atoms with van der Waals surface area (Å²) in [5, 5.41) is 5.36. The minimum absolute atomic E-state index is 0. The van der Waals surface area contributed by atoms with Crippen molar-refractivity contribution in [3.8, 4) is 11.3 Å². The van der Waals surface area contributed by atoms with E-state index in [0.717, 1.165) is 36.9 Å². The summed E-state index contributed by atoms with van der Waals surface area (Å²) >= 11 is 1.38. The van der Waals surface area contributed by atoms with Crippen LogP contribution in [0.25, 0.3) is 11.3 Å². The van der Waals surface area contributed by atoms with E-state index < -0.39 is 10.0 Å². The Morgan fingerprint density at radius 1 is 1.17 bits per heavy atom. The molecule has 1 saturated heterocycles. The summed E-state index contributed by atoms with van der Waals surface area (Å²) in [4.78, 5) is 17.0. The number of morpholine rings is 1. The molecule has 0 atom stereocenters. The van der Waals surface area contributed by atoms with E-state index in [-0.39, 0.29) is 18.1 Å². The Hall–Kier alpha value is -1.81. The highest BCUT2D eigenvalue weighted by Gasteiger charge is 2.26. The largest absolute Gasteiger partial charge is 0.379 e. The number of hydrogen-bond donors (Lipinski definition) is 1. The van der Waals surface area contributed by atoms with Crippen LogP contribution in [0.2, 0.25) is 0 Å². The molecule has 2 fully saturated rings. The monoisotopic (exact) mass is 453 g/mol. The zero-order valence-electron chi connectivity index (χ0n) is 17.5. The fraction of sp³-hybridized carbons (Fsp3) is 0.524. The quantitative estimate of drug-likeness (QED) is 0.732. The van der Waals surface area contributed by atoms with Crippen LogP contribution in [-0.2, 0) is 19.6 Å². The Kier molecular flexibility index (Phi) is 7.99. The fourth-order valence-corrected chi connectivity index (χ4v) is 5.72. The minimum atomic E-state index is -3.50. The van der Waals surface area contributed by atoms with Gasteiger partial charge in [-0.3, -0.25) is 4.79 Å². The standard InChI is InChI=1S/C19H23N3O4S2.C2H6.H2/c23-18(15-3-1-2-4-15)21-19-20-17(13-27-19)14-5-7-16(8-6-14)28(24,25)22-9-11-26-12-10-22;1-2;/h5-8,13,15H,1-4,9-12H2,(H,20,21,23);1-2H3;1H. The number of rotatable bonds is 5. The molecule has 1 saturated carbocycles. The highest BCUT2D eigenvalue weighted by atomic mass is 32.2. The third kappa shape index (κ3) is 5.26. The van der Waals surface area contributed by atoms with Gasteiger partial charge in [0.1, 0.15) is 0 Å². The van der Waals surface area contributed by atoms with Crippen molar-refractivity contribution in [3.63, 3.8) is 0 Å². The normalized spacial score (nSPS) is 17.9. The van der Waals surface area contributed by atoms with Gasteiger partial charge in [-0.1, -0.05) is 38.8 Å². The molecular weight excluding hydrogens is 422 g/mol. The lowest BCUT2D eigenvalue weighted by atomic mass is 10.1. The molecule has 166 valence electrons. The number of nitrogens with zero attached hydrogens (tertiary/aromatic N) is 2. The molecule has 1 aliphatic carbocycles. The molecule has 0 radical (unpaired) electrons. The number of benzene rings is 1. The predicted molar refractivity (Wildman–Crippen MR) is 121 cm³/mol. The molecule has 0 bridgehead atoms. The van der Waals surface area contributed by atoms with Gasteiger partial charge in [-0.2, -0.15) is 4.31 Å². The SMILES string of the molecule is CC.O=C(Nc1nc(-c2ccc(S(=O)(=O)N3CCOCC3)cc2)cs1)C1CCCC1.[HH]. The van der Waals surface area contributed by atoms with Gasteiger partial charge in [0.15, 0.2) is 5.13 Å². The van der Waals surface area contributed by atoms with Crippen LogP contribution >= 0.6 is 11.3 Å². The van der Waals surface area contributed by atoms with Crippen molar-refractivity contribution >= 4 is 32.4 Å². The van der Waals surface area contributed by atoms with Crippen molar-refractivity contribution in [2.75, 3.05) is 31.6 Å². The van der Waals surface area contributed by atoms with Gasteiger partial charge in [0.2, 0.25) is 15.9 Å². The van der Waals surface area contributed by atoms with Gasteiger partial charge in [-0.25, -0.2) is 13.4 Å². The van der Waals surface area contributed by atoms with Gasteiger partial charge in [0, 0.05) is 31.4 Å². The average Bonchev–Trinajstić information content (AvgIpc) is 3.48. The second-order valence-electron chi connectivity index (χ2n) is 7.05. The second kappa shape index (κ2) is 10.5. The van der Waals surface area contributed by atoms with Crippen LogP contribution in [0, 0.1) is 5.92 Å². The lowest BCUT2D eigenvalue weighted by Crippen LogP contribution is -2.40. The number of carbonyl (C=O) groups is 1. The van der Waals surface area contributed by atoms with Crippen molar-refractivity contribution in [1.29, 1.82) is 0 Å². The lowest BCUT2D eigenvalue weighted by Gasteiger charge is -2.26. The van der Waals surface area contributed by atoms with Gasteiger partial charge < -0.3 is 10.1 Å². The minimum Gasteiger partial charge on any atom is -0.379 e. The average molecular weight is 454 g/mol. The molecule has 2 aromatic rings. The van der Waals surface area contributed by atoms with Crippen molar-refractivity contribution in [3.05, 3.63) is 29.6 Å². The van der Waals surface area contributed by atoms with Crippen molar-refractivity contribution < 1.29 is 19.4 Å². The number of amides is 1. The van der Waals surface area contributed by atoms with Crippen LogP contribution in [0.4, 0.5) is 5.13 Å². The van der Waals surface area contributed by atoms with Gasteiger partial charge in [-0.15, -0.1) is 11.3 Å². The Labute approximate surface area is 184 Å². The van der Waals surface area contributed by atoms with Crippen LogP contribution in [0.3, 0.4) is 0 Å². The van der Waals surface area contributed by atoms with Gasteiger partial charge in [-0.05, 0) is 25.0 Å². The Balaban J connectivity index is 0.00000111. The molecule has 1 aliphatic heterocycles. The first-order valence-electron chi connectivity index (χ1n) is 10.5. The Morgan fingerprint density at radius 3 is 2.43 bits per heavy atom. The van der Waals surface area contributed by atoms with E-state index in [1.807, 2.05) is 19.2 Å². The van der Waals surface area contributed by atoms with Crippen molar-refractivity contribution in [2.24, 2.45) is 5.92 Å². The first-order chi connectivity index (χ1) is 14.5. The van der Waals surface area contributed by atoms with E-state index in [4.69, 9.17) is 4.74 Å². The number of carbonyl (C=O) groups excluding carboxylic acids is 1. The molecule has 1 amide bonds. The number of ether oxygens (including phenoxy) is 1. The van der Waals surface area contributed by atoms with E-state index in [9.17, 15) is 13.2 Å². The number of sulfonamides is 1. The van der Waals surface area contributed by atoms with E-state index in [1.54, 1.807) is 24.3 Å². The lowest BCUT2D eigenvalue weighted by molar-refractivity contribution is -0.119. The van der Waals surface area contributed by atoms with Crippen LogP contribution in [-0.4, -0.2) is 49.9 Å². The topological polar surface area (TPSA) is 88.6 Å². The third-order valence-electron chi connectivity index (χ3n) is 5.22. The molecule has 30 heavy (non-hydrogen) atoms. The maximum absolute atomic E-state index is 12.7. The zero-order valence-corrected chi connectivity index (χ0v) is 19.1. The van der Waals surface area contributed by atoms with Crippen LogP contribution in [0.5, 0.6) is 0 Å². The van der Waals surface area contributed by atoms with Crippen LogP contribution in [0.15, 0.2) is 34.5 Å². The van der Waals surface area contributed by atoms with E-state index in [2.05, 4.69) is 10.3 Å². The first-order valence-corrected chi connectivity index (χ1v) is 12.8. The maximum Gasteiger partial charge on any atom is 0.243 e. The zero-order chi connectivity index (χ0) is 21.6. The molecule has 1 aromatic heterocycles. The smallest absolute Gasteiger partial charge is 0.243 e. The summed E-state index contributed by atoms with van der Waals surface area (Å²) in [6.45, 7) is 5.59. The van der Waals surface area contributed by atoms with Gasteiger partial charge >= 0.3 is 0 Å². The van der Waals surface area contributed by atoms with E-state index in [0.29, 0.717) is 31.4 Å². The Bertz CT molecular complexity index is 936. The van der Waals surface area contributed by atoms with Gasteiger partial charge in [0.25, 0.3) is 0 Å². The van der Waals surface area contributed by atoms with Crippen LogP contribution in [0.1, 0.15) is 41.0 Å². The first kappa shape index (κ1) is 22.9. The molecule has 7 nitrogen and oxygen atoms in total. The summed E-state index contributed by atoms with van der Waals surface area (Å²) in [5.74, 6) is 0.141. The molecule has 0 spiro atoms. The van der Waals surface area contributed by atoms with E-state index >= 15 is 0 Å². The fourth-order valence-electron chi connectivity index (χ4n) is 3.59. The third-order valence-corrected chi connectivity index (χ3v) is 7.89. The maximum atomic E-state index is 12.7. The highest BCUT2D eigenvalue weighted by Crippen LogP contribution is 2.29. The molecule has 9 heteroatoms. The molecular formula is C21H31N3O4S2. The molecule has 1 aromatic carbocycles. The second-order valence-corrected chi connectivity index (χ2v) is 9.85. The predicted octanol–water partition coefficient (Wildman–Crippen LogP) is 4.23. The Morgan fingerprint density at radius 2 is 1.80 bits per heavy atom. The molecule has 4 rings (SSSR count). The van der Waals surface area contributed by atoms with Crippen molar-refractivity contribution in [2.45, 2.75) is 44.4 Å².